The lowest BCUT2D eigenvalue weighted by molar-refractivity contribution is -0.367. The Morgan fingerprint density at radius 3 is 1.38 bits per heavy atom. The number of rotatable bonds is 22. The van der Waals surface area contributed by atoms with Gasteiger partial charge in [0.2, 0.25) is 0 Å². The molecule has 2 aliphatic rings. The number of hydrogen-bond donors (Lipinski definition) is 3. The zero-order valence-corrected chi connectivity index (χ0v) is 40.6. The third kappa shape index (κ3) is 12.5. The fourth-order valence-corrected chi connectivity index (χ4v) is 10.3. The second-order valence-corrected chi connectivity index (χ2v) is 18.5. The van der Waals surface area contributed by atoms with Gasteiger partial charge in [-0.1, -0.05) is 182 Å². The van der Waals surface area contributed by atoms with Crippen molar-refractivity contribution in [3.8, 4) is 0 Å². The molecular weight excluding hydrogens is 901 g/mol. The van der Waals surface area contributed by atoms with E-state index in [0.29, 0.717) is 11.1 Å². The molecule has 0 spiro atoms. The number of benzene rings is 6. The van der Waals surface area contributed by atoms with Crippen LogP contribution < -0.4 is 0 Å². The van der Waals surface area contributed by atoms with Gasteiger partial charge in [0.05, 0.1) is 44.6 Å². The van der Waals surface area contributed by atoms with E-state index >= 15 is 0 Å². The topological polar surface area (TPSA) is 152 Å². The average molecular weight is 967 g/mol. The zero-order chi connectivity index (χ0) is 49.6. The normalized spacial score (nSPS) is 27.4. The van der Waals surface area contributed by atoms with Gasteiger partial charge in [-0.2, -0.15) is 0 Å². The number of aliphatic hydroxyl groups is 3. The number of esters is 1. The Bertz CT molecular complexity index is 2490. The van der Waals surface area contributed by atoms with E-state index in [4.69, 9.17) is 37.9 Å². The van der Waals surface area contributed by atoms with Gasteiger partial charge in [0.1, 0.15) is 47.8 Å². The highest BCUT2D eigenvalue weighted by molar-refractivity contribution is 5.65. The summed E-state index contributed by atoms with van der Waals surface area (Å²) in [4.78, 5) is 12.7. The van der Waals surface area contributed by atoms with E-state index in [1.807, 2.05) is 182 Å². The van der Waals surface area contributed by atoms with Crippen LogP contribution in [0.3, 0.4) is 0 Å². The standard InChI is InChI=1S/C59H66O12/c1-41(60)66-40-48-50(49(61)34-42-22-10-4-11-23-42)70-56(59(63,36-44-26-14-6-15-27-44)58(48,62)35-43-24-12-5-13-25-43)54(64-2)53-51(67-37-45-28-16-7-17-29-45)52(68-38-46-30-18-8-19-31-46)55(57(65-3)71-53)69-39-47-32-20-9-21-33-47/h4-33,48-57,61-63H,34-40H2,1-3H3/t48-,49?,50+,51+,52+,53+,54?,55-,56+,57+,58+,59+/m1/s1. The van der Waals surface area contributed by atoms with Crippen molar-refractivity contribution in [1.82, 2.24) is 0 Å². The first-order chi connectivity index (χ1) is 34.6. The van der Waals surface area contributed by atoms with Crippen molar-refractivity contribution in [3.05, 3.63) is 215 Å². The molecular formula is C59H66O12. The van der Waals surface area contributed by atoms with Crippen LogP contribution in [0.1, 0.15) is 40.3 Å². The van der Waals surface area contributed by atoms with Gasteiger partial charge in [0, 0.05) is 40.4 Å². The second kappa shape index (κ2) is 24.7. The van der Waals surface area contributed by atoms with E-state index in [0.717, 1.165) is 22.3 Å². The Morgan fingerprint density at radius 1 is 0.535 bits per heavy atom. The molecule has 2 fully saturated rings. The molecule has 374 valence electrons. The lowest BCUT2D eigenvalue weighted by Crippen LogP contribution is -2.79. The molecule has 2 aliphatic heterocycles. The monoisotopic (exact) mass is 966 g/mol. The third-order valence-corrected chi connectivity index (χ3v) is 13.8. The van der Waals surface area contributed by atoms with E-state index in [-0.39, 0.29) is 45.7 Å². The van der Waals surface area contributed by atoms with Crippen LogP contribution in [0.15, 0.2) is 182 Å². The van der Waals surface area contributed by atoms with Crippen LogP contribution in [0.5, 0.6) is 0 Å². The molecule has 0 aliphatic carbocycles. The predicted octanol–water partition coefficient (Wildman–Crippen LogP) is 7.63. The highest BCUT2D eigenvalue weighted by Crippen LogP contribution is 2.50. The van der Waals surface area contributed by atoms with Gasteiger partial charge in [-0.05, 0) is 33.4 Å². The highest BCUT2D eigenvalue weighted by atomic mass is 16.7. The Balaban J connectivity index is 1.29. The summed E-state index contributed by atoms with van der Waals surface area (Å²) in [7, 11) is 3.02. The first-order valence-corrected chi connectivity index (χ1v) is 24.3. The number of ether oxygens (including phenoxy) is 8. The van der Waals surface area contributed by atoms with Crippen LogP contribution in [0.25, 0.3) is 0 Å². The van der Waals surface area contributed by atoms with Crippen LogP contribution in [-0.4, -0.2) is 108 Å². The second-order valence-electron chi connectivity index (χ2n) is 18.5. The van der Waals surface area contributed by atoms with E-state index in [9.17, 15) is 20.1 Å². The lowest BCUT2D eigenvalue weighted by atomic mass is 9.60. The molecule has 12 heteroatoms. The molecule has 3 N–H and O–H groups in total. The molecule has 0 saturated carbocycles. The molecule has 12 nitrogen and oxygen atoms in total. The van der Waals surface area contributed by atoms with Crippen LogP contribution in [-0.2, 0) is 81.8 Å². The van der Waals surface area contributed by atoms with Crippen LogP contribution in [0.4, 0.5) is 0 Å². The molecule has 12 atom stereocenters. The Kier molecular flexibility index (Phi) is 18.0. The van der Waals surface area contributed by atoms with Crippen molar-refractivity contribution < 1.29 is 58.0 Å². The SMILES string of the molecule is COC([C@H]1O[C@H](OC)[C@H](OCc2ccccc2)[C@@H](OCc2ccccc2)[C@@H]1OCc1ccccc1)[C@@H]1O[C@H](C(O)Cc2ccccc2)[C@@H](COC(C)=O)[C@@](O)(Cc2ccccc2)[C@]1(O)Cc1ccccc1. The van der Waals surface area contributed by atoms with E-state index in [1.165, 1.54) is 21.1 Å². The fourth-order valence-electron chi connectivity index (χ4n) is 10.3. The Labute approximate surface area is 417 Å². The summed E-state index contributed by atoms with van der Waals surface area (Å²) < 4.78 is 53.6. The number of aliphatic hydroxyl groups excluding tert-OH is 1. The quantitative estimate of drug-likeness (QED) is 0.0575. The smallest absolute Gasteiger partial charge is 0.302 e. The number of hydrogen-bond acceptors (Lipinski definition) is 12. The van der Waals surface area contributed by atoms with Crippen molar-refractivity contribution in [3.63, 3.8) is 0 Å². The molecule has 0 amide bonds. The van der Waals surface area contributed by atoms with Crippen LogP contribution in [0, 0.1) is 5.92 Å². The van der Waals surface area contributed by atoms with Gasteiger partial charge in [0.25, 0.3) is 0 Å². The van der Waals surface area contributed by atoms with Crippen LogP contribution in [0.2, 0.25) is 0 Å². The van der Waals surface area contributed by atoms with E-state index in [1.54, 1.807) is 0 Å². The van der Waals surface area contributed by atoms with Crippen molar-refractivity contribution in [2.75, 3.05) is 20.8 Å². The van der Waals surface area contributed by atoms with Gasteiger partial charge in [-0.3, -0.25) is 4.79 Å². The summed E-state index contributed by atoms with van der Waals surface area (Å²) >= 11 is 0. The maximum atomic E-state index is 14.2. The molecule has 6 aromatic carbocycles. The molecule has 0 radical (unpaired) electrons. The van der Waals surface area contributed by atoms with Gasteiger partial charge in [-0.15, -0.1) is 0 Å². The van der Waals surface area contributed by atoms with Crippen molar-refractivity contribution in [2.24, 2.45) is 5.92 Å². The zero-order valence-electron chi connectivity index (χ0n) is 40.6. The Morgan fingerprint density at radius 2 is 0.944 bits per heavy atom. The highest BCUT2D eigenvalue weighted by Gasteiger charge is 2.69. The van der Waals surface area contributed by atoms with E-state index < -0.39 is 78.2 Å². The average Bonchev–Trinajstić information content (AvgIpc) is 3.39. The Hall–Kier alpha value is -5.61. The summed E-state index contributed by atoms with van der Waals surface area (Å²) in [6, 6.07) is 57.3. The third-order valence-electron chi connectivity index (χ3n) is 13.8. The summed E-state index contributed by atoms with van der Waals surface area (Å²) in [5.41, 5.74) is 0.410. The predicted molar refractivity (Wildman–Crippen MR) is 267 cm³/mol. The fraction of sp³-hybridized carbons (Fsp3) is 0.373. The van der Waals surface area contributed by atoms with Gasteiger partial charge >= 0.3 is 5.97 Å². The van der Waals surface area contributed by atoms with Crippen molar-refractivity contribution in [2.45, 2.75) is 112 Å². The summed E-state index contributed by atoms with van der Waals surface area (Å²) in [5, 5.41) is 40.7. The maximum Gasteiger partial charge on any atom is 0.302 e. The van der Waals surface area contributed by atoms with E-state index in [2.05, 4.69) is 0 Å². The van der Waals surface area contributed by atoms with Crippen molar-refractivity contribution in [1.29, 1.82) is 0 Å². The summed E-state index contributed by atoms with van der Waals surface area (Å²) in [5.74, 6) is -1.79. The maximum absolute atomic E-state index is 14.2. The number of carbonyl (C=O) groups excluding carboxylic acids is 1. The summed E-state index contributed by atoms with van der Waals surface area (Å²) in [6.45, 7) is 1.38. The molecule has 2 unspecified atom stereocenters. The lowest BCUT2D eigenvalue weighted by Gasteiger charge is -2.60. The summed E-state index contributed by atoms with van der Waals surface area (Å²) in [6.07, 6.45) is -10.5. The van der Waals surface area contributed by atoms with Crippen LogP contribution >= 0.6 is 0 Å². The van der Waals surface area contributed by atoms with Gasteiger partial charge in [0.15, 0.2) is 6.29 Å². The number of carbonyl (C=O) groups is 1. The number of methoxy groups -OCH3 is 2. The molecule has 2 saturated heterocycles. The molecule has 0 aromatic heterocycles. The van der Waals surface area contributed by atoms with Gasteiger partial charge < -0.3 is 53.2 Å². The largest absolute Gasteiger partial charge is 0.465 e. The minimum absolute atomic E-state index is 0.106. The molecule has 6 aromatic rings. The molecule has 0 bridgehead atoms. The molecule has 2 heterocycles. The minimum atomic E-state index is -2.27. The minimum Gasteiger partial charge on any atom is -0.465 e. The first-order valence-electron chi connectivity index (χ1n) is 24.3. The van der Waals surface area contributed by atoms with Crippen molar-refractivity contribution >= 4 is 5.97 Å². The first kappa shape index (κ1) is 51.7. The molecule has 8 rings (SSSR count). The molecule has 71 heavy (non-hydrogen) atoms. The van der Waals surface area contributed by atoms with Gasteiger partial charge in [-0.25, -0.2) is 0 Å².